The summed E-state index contributed by atoms with van der Waals surface area (Å²) in [5, 5.41) is 9.24. The molecular weight excluding hydrogens is 274 g/mol. The van der Waals surface area contributed by atoms with Crippen molar-refractivity contribution >= 4 is 10.0 Å². The van der Waals surface area contributed by atoms with Crippen LogP contribution in [0.15, 0.2) is 23.1 Å². The van der Waals surface area contributed by atoms with Gasteiger partial charge in [0.25, 0.3) is 0 Å². The topological polar surface area (TPSA) is 66.4 Å². The average molecular weight is 297 g/mol. The van der Waals surface area contributed by atoms with Gasteiger partial charge in [-0.1, -0.05) is 25.5 Å². The van der Waals surface area contributed by atoms with Gasteiger partial charge in [-0.25, -0.2) is 13.1 Å². The van der Waals surface area contributed by atoms with Crippen molar-refractivity contribution in [1.82, 2.24) is 4.72 Å². The molecule has 0 radical (unpaired) electrons. The molecule has 2 N–H and O–H groups in total. The smallest absolute Gasteiger partial charge is 0.240 e. The lowest BCUT2D eigenvalue weighted by molar-refractivity contribution is 0.133. The molecule has 1 saturated carbocycles. The third kappa shape index (κ3) is 2.90. The molecule has 4 nitrogen and oxygen atoms in total. The number of benzene rings is 1. The second-order valence-corrected chi connectivity index (χ2v) is 7.47. The molecule has 0 amide bonds. The maximum absolute atomic E-state index is 12.4. The second-order valence-electron chi connectivity index (χ2n) is 5.73. The van der Waals surface area contributed by atoms with E-state index in [1.165, 1.54) is 6.42 Å². The van der Waals surface area contributed by atoms with Gasteiger partial charge < -0.3 is 5.11 Å². The molecule has 0 unspecified atom stereocenters. The van der Waals surface area contributed by atoms with E-state index in [2.05, 4.69) is 11.6 Å². The minimum absolute atomic E-state index is 0.145. The Hall–Kier alpha value is -0.910. The van der Waals surface area contributed by atoms with E-state index < -0.39 is 10.0 Å². The number of sulfonamides is 1. The molecule has 112 valence electrons. The van der Waals surface area contributed by atoms with Gasteiger partial charge in [-0.05, 0) is 48.8 Å². The molecule has 0 aromatic heterocycles. The van der Waals surface area contributed by atoms with Crippen LogP contribution in [-0.4, -0.2) is 20.1 Å². The van der Waals surface area contributed by atoms with E-state index in [4.69, 9.17) is 0 Å². The molecule has 1 aromatic carbocycles. The number of nitrogens with one attached hydrogen (secondary N) is 1. The van der Waals surface area contributed by atoms with Crippen LogP contribution in [0, 0.1) is 12.3 Å². The van der Waals surface area contributed by atoms with Gasteiger partial charge in [0.2, 0.25) is 10.0 Å². The summed E-state index contributed by atoms with van der Waals surface area (Å²) < 4.78 is 27.6. The van der Waals surface area contributed by atoms with Crippen molar-refractivity contribution in [3.8, 4) is 0 Å². The quantitative estimate of drug-likeness (QED) is 0.847. The van der Waals surface area contributed by atoms with Crippen molar-refractivity contribution in [2.45, 2.75) is 51.0 Å². The molecule has 0 heterocycles. The zero-order valence-corrected chi connectivity index (χ0v) is 13.0. The normalized spacial score (nSPS) is 17.8. The molecule has 20 heavy (non-hydrogen) atoms. The lowest BCUT2D eigenvalue weighted by Gasteiger charge is -2.41. The predicted molar refractivity (Wildman–Crippen MR) is 78.9 cm³/mol. The zero-order valence-electron chi connectivity index (χ0n) is 12.1. The van der Waals surface area contributed by atoms with Gasteiger partial charge in [-0.3, -0.25) is 0 Å². The predicted octanol–water partition coefficient (Wildman–Crippen LogP) is 2.35. The van der Waals surface area contributed by atoms with Gasteiger partial charge in [0.05, 0.1) is 11.5 Å². The van der Waals surface area contributed by atoms with Gasteiger partial charge >= 0.3 is 0 Å². The number of hydrogen-bond donors (Lipinski definition) is 2. The van der Waals surface area contributed by atoms with Crippen LogP contribution in [0.4, 0.5) is 0 Å². The van der Waals surface area contributed by atoms with Crippen LogP contribution in [-0.2, 0) is 16.6 Å². The molecule has 0 aliphatic heterocycles. The van der Waals surface area contributed by atoms with Crippen LogP contribution >= 0.6 is 0 Å². The zero-order chi connectivity index (χ0) is 14.8. The average Bonchev–Trinajstić information content (AvgIpc) is 2.38. The van der Waals surface area contributed by atoms with E-state index >= 15 is 0 Å². The molecule has 0 atom stereocenters. The molecule has 2 rings (SSSR count). The lowest BCUT2D eigenvalue weighted by atomic mass is 9.67. The highest BCUT2D eigenvalue weighted by Crippen LogP contribution is 2.43. The fraction of sp³-hybridized carbons (Fsp3) is 0.600. The fourth-order valence-electron chi connectivity index (χ4n) is 2.78. The Kier molecular flexibility index (Phi) is 4.52. The van der Waals surface area contributed by atoms with E-state index in [1.807, 2.05) is 0 Å². The number of aliphatic hydroxyl groups is 1. The Morgan fingerprint density at radius 3 is 2.55 bits per heavy atom. The molecule has 1 aromatic rings. The third-order valence-corrected chi connectivity index (χ3v) is 6.20. The molecular formula is C15H23NO3S. The molecule has 5 heteroatoms. The van der Waals surface area contributed by atoms with E-state index in [0.717, 1.165) is 19.3 Å². The maximum atomic E-state index is 12.4. The van der Waals surface area contributed by atoms with Crippen LogP contribution in [0.1, 0.15) is 43.7 Å². The summed E-state index contributed by atoms with van der Waals surface area (Å²) in [6.45, 7) is 4.22. The highest BCUT2D eigenvalue weighted by molar-refractivity contribution is 7.89. The highest BCUT2D eigenvalue weighted by Gasteiger charge is 2.36. The minimum atomic E-state index is -3.50. The fourth-order valence-corrected chi connectivity index (χ4v) is 4.22. The molecule has 1 aliphatic rings. The molecule has 1 fully saturated rings. The van der Waals surface area contributed by atoms with Gasteiger partial charge in [0, 0.05) is 6.54 Å². The maximum Gasteiger partial charge on any atom is 0.240 e. The van der Waals surface area contributed by atoms with E-state index in [0.29, 0.717) is 17.7 Å². The largest absolute Gasteiger partial charge is 0.392 e. The number of rotatable bonds is 6. The van der Waals surface area contributed by atoms with Crippen molar-refractivity contribution in [3.05, 3.63) is 29.3 Å². The highest BCUT2D eigenvalue weighted by atomic mass is 32.2. The van der Waals surface area contributed by atoms with Gasteiger partial charge in [-0.15, -0.1) is 0 Å². The van der Waals surface area contributed by atoms with Gasteiger partial charge in [-0.2, -0.15) is 0 Å². The summed E-state index contributed by atoms with van der Waals surface area (Å²) >= 11 is 0. The van der Waals surface area contributed by atoms with Gasteiger partial charge in [0.1, 0.15) is 0 Å². The van der Waals surface area contributed by atoms with E-state index in [9.17, 15) is 13.5 Å². The standard InChI is InChI=1S/C15H23NO3S/c1-3-15(8-5-9-15)11-16-20(18,19)14-7-4-6-13(10-17)12(14)2/h4,6-7,16-17H,3,5,8-11H2,1-2H3. The molecule has 0 saturated heterocycles. The summed E-state index contributed by atoms with van der Waals surface area (Å²) in [6.07, 6.45) is 4.39. The molecule has 1 aliphatic carbocycles. The van der Waals surface area contributed by atoms with Gasteiger partial charge in [0.15, 0.2) is 0 Å². The number of hydrogen-bond acceptors (Lipinski definition) is 3. The number of aliphatic hydroxyl groups excluding tert-OH is 1. The lowest BCUT2D eigenvalue weighted by Crippen LogP contribution is -2.41. The second kappa shape index (κ2) is 5.84. The summed E-state index contributed by atoms with van der Waals surface area (Å²) in [4.78, 5) is 0.273. The van der Waals surface area contributed by atoms with Crippen LogP contribution in [0.2, 0.25) is 0 Å². The Bertz CT molecular complexity index is 571. The van der Waals surface area contributed by atoms with Crippen LogP contribution in [0.25, 0.3) is 0 Å². The Balaban J connectivity index is 2.18. The third-order valence-electron chi connectivity index (χ3n) is 4.66. The van der Waals surface area contributed by atoms with E-state index in [-0.39, 0.29) is 16.9 Å². The SMILES string of the molecule is CCC1(CNS(=O)(=O)c2cccc(CO)c2C)CCC1. The Morgan fingerprint density at radius 1 is 1.35 bits per heavy atom. The van der Waals surface area contributed by atoms with Crippen molar-refractivity contribution in [3.63, 3.8) is 0 Å². The van der Waals surface area contributed by atoms with Crippen LogP contribution in [0.3, 0.4) is 0 Å². The Morgan fingerprint density at radius 2 is 2.05 bits per heavy atom. The van der Waals surface area contributed by atoms with Crippen molar-refractivity contribution < 1.29 is 13.5 Å². The molecule has 0 bridgehead atoms. The first kappa shape index (κ1) is 15.5. The summed E-state index contributed by atoms with van der Waals surface area (Å²) in [6, 6.07) is 5.01. The van der Waals surface area contributed by atoms with Crippen molar-refractivity contribution in [2.75, 3.05) is 6.54 Å². The summed E-state index contributed by atoms with van der Waals surface area (Å²) in [5.41, 5.74) is 1.43. The van der Waals surface area contributed by atoms with Crippen LogP contribution < -0.4 is 4.72 Å². The van der Waals surface area contributed by atoms with E-state index in [1.54, 1.807) is 25.1 Å². The van der Waals surface area contributed by atoms with Crippen molar-refractivity contribution in [2.24, 2.45) is 5.41 Å². The summed E-state index contributed by atoms with van der Waals surface area (Å²) in [7, 11) is -3.50. The first-order chi connectivity index (χ1) is 9.44. The summed E-state index contributed by atoms with van der Waals surface area (Å²) in [5.74, 6) is 0. The minimum Gasteiger partial charge on any atom is -0.392 e. The first-order valence-electron chi connectivity index (χ1n) is 7.13. The first-order valence-corrected chi connectivity index (χ1v) is 8.61. The van der Waals surface area contributed by atoms with Crippen LogP contribution in [0.5, 0.6) is 0 Å². The monoisotopic (exact) mass is 297 g/mol. The Labute approximate surface area is 121 Å². The van der Waals surface area contributed by atoms with Crippen molar-refractivity contribution in [1.29, 1.82) is 0 Å². The molecule has 0 spiro atoms.